The minimum Gasteiger partial charge on any atom is -0.389 e. The van der Waals surface area contributed by atoms with E-state index in [-0.39, 0.29) is 6.54 Å². The first-order valence-electron chi connectivity index (χ1n) is 1.24. The molecule has 3 N–H and O–H groups in total. The molecule has 5 heavy (non-hydrogen) atoms. The highest BCUT2D eigenvalue weighted by atomic mass is 16.5. The maximum atomic E-state index is 7.72. The first-order chi connectivity index (χ1) is 2.41. The topological polar surface area (TPSA) is 52.5 Å². The number of aliphatic hydroxyl groups is 1. The highest BCUT2D eigenvalue weighted by Gasteiger charge is 1.68. The molecule has 0 bridgehead atoms. The Morgan fingerprint density at radius 3 is 2.40 bits per heavy atom. The number of hydrogen-bond acceptors (Lipinski definition) is 3. The van der Waals surface area contributed by atoms with E-state index in [9.17, 15) is 0 Å². The van der Waals surface area contributed by atoms with Crippen molar-refractivity contribution in [2.45, 2.75) is 0 Å². The minimum absolute atomic E-state index is 0.125. The molecule has 0 amide bonds. The van der Waals surface area contributed by atoms with Crippen LogP contribution in [0, 0.1) is 6.61 Å². The van der Waals surface area contributed by atoms with Gasteiger partial charge in [0.25, 0.3) is 0 Å². The molecule has 0 saturated heterocycles. The van der Waals surface area contributed by atoms with Crippen LogP contribution in [0.25, 0.3) is 0 Å². The molecule has 0 aliphatic heterocycles. The molecule has 0 heterocycles. The van der Waals surface area contributed by atoms with E-state index in [2.05, 4.69) is 0 Å². The lowest BCUT2D eigenvalue weighted by molar-refractivity contribution is 0.160. The van der Waals surface area contributed by atoms with Crippen molar-refractivity contribution in [3.05, 3.63) is 6.61 Å². The zero-order valence-electron chi connectivity index (χ0n) is 2.68. The zero-order chi connectivity index (χ0) is 4.12. The van der Waals surface area contributed by atoms with Crippen LogP contribution >= 0.6 is 0 Å². The number of hydrogen-bond donors (Lipinski definition) is 3. The third kappa shape index (κ3) is 3.88. The average molecular weight is 76.1 g/mol. The van der Waals surface area contributed by atoms with E-state index in [4.69, 9.17) is 10.3 Å². The fourth-order valence-electron chi connectivity index (χ4n) is 0.0408. The van der Waals surface area contributed by atoms with E-state index in [1.54, 1.807) is 5.48 Å². The van der Waals surface area contributed by atoms with Crippen LogP contribution in [0.4, 0.5) is 0 Å². The molecule has 3 heteroatoms. The van der Waals surface area contributed by atoms with E-state index in [1.165, 1.54) is 0 Å². The lowest BCUT2D eigenvalue weighted by Crippen LogP contribution is -2.07. The molecule has 0 aliphatic carbocycles. The molecule has 0 atom stereocenters. The number of aliphatic hydroxyl groups excluding tert-OH is 1. The Labute approximate surface area is 30.2 Å². The summed E-state index contributed by atoms with van der Waals surface area (Å²) in [6.45, 7) is 0.944. The van der Waals surface area contributed by atoms with Crippen LogP contribution in [-0.2, 0) is 0 Å². The fourth-order valence-corrected chi connectivity index (χ4v) is 0.0408. The van der Waals surface area contributed by atoms with Gasteiger partial charge in [-0.15, -0.1) is 0 Å². The minimum atomic E-state index is 0.125. The van der Waals surface area contributed by atoms with Gasteiger partial charge in [0.1, 0.15) is 0 Å². The van der Waals surface area contributed by atoms with Gasteiger partial charge in [-0.2, -0.15) is 0 Å². The average Bonchev–Trinajstić information content (AvgIpc) is 1.41. The van der Waals surface area contributed by atoms with Gasteiger partial charge in [-0.1, -0.05) is 0 Å². The molecule has 3 nitrogen and oxygen atoms in total. The summed E-state index contributed by atoms with van der Waals surface area (Å²) in [7, 11) is 0. The molecule has 31 valence electrons. The predicted molar refractivity (Wildman–Crippen MR) is 16.0 cm³/mol. The zero-order valence-corrected chi connectivity index (χ0v) is 2.68. The summed E-state index contributed by atoms with van der Waals surface area (Å²) < 4.78 is 0. The van der Waals surface area contributed by atoms with E-state index in [0.717, 1.165) is 6.61 Å². The molecular formula is C2H6NO2. The smallest absolute Gasteiger partial charge is 0.0959 e. The molecule has 0 fully saturated rings. The SMILES string of the molecule is O[CH]CNO. The molecule has 0 saturated carbocycles. The van der Waals surface area contributed by atoms with Gasteiger partial charge in [0, 0.05) is 6.54 Å². The van der Waals surface area contributed by atoms with Gasteiger partial charge in [-0.25, -0.2) is 5.48 Å². The highest BCUT2D eigenvalue weighted by Crippen LogP contribution is 1.52. The van der Waals surface area contributed by atoms with Gasteiger partial charge < -0.3 is 10.3 Å². The maximum Gasteiger partial charge on any atom is 0.0959 e. The van der Waals surface area contributed by atoms with Crippen molar-refractivity contribution < 1.29 is 10.3 Å². The second-order valence-corrected chi connectivity index (χ2v) is 0.545. The van der Waals surface area contributed by atoms with Crippen molar-refractivity contribution in [2.75, 3.05) is 6.54 Å². The van der Waals surface area contributed by atoms with Gasteiger partial charge >= 0.3 is 0 Å². The monoisotopic (exact) mass is 76.0 g/mol. The van der Waals surface area contributed by atoms with E-state index >= 15 is 0 Å². The highest BCUT2D eigenvalue weighted by molar-refractivity contribution is 4.40. The molecule has 0 aromatic carbocycles. The predicted octanol–water partition coefficient (Wildman–Crippen LogP) is -0.501. The molecule has 0 spiro atoms. The summed E-state index contributed by atoms with van der Waals surface area (Å²) in [4.78, 5) is 0. The fraction of sp³-hybridized carbons (Fsp3) is 0.500. The van der Waals surface area contributed by atoms with Gasteiger partial charge in [0.2, 0.25) is 0 Å². The van der Waals surface area contributed by atoms with Crippen molar-refractivity contribution in [3.63, 3.8) is 0 Å². The Morgan fingerprint density at radius 2 is 2.40 bits per heavy atom. The third-order valence-corrected chi connectivity index (χ3v) is 0.183. The van der Waals surface area contributed by atoms with Crippen LogP contribution in [0.5, 0.6) is 0 Å². The summed E-state index contributed by atoms with van der Waals surface area (Å²) >= 11 is 0. The third-order valence-electron chi connectivity index (χ3n) is 0.183. The second-order valence-electron chi connectivity index (χ2n) is 0.545. The summed E-state index contributed by atoms with van der Waals surface area (Å²) in [5.74, 6) is 0. The largest absolute Gasteiger partial charge is 0.389 e. The van der Waals surface area contributed by atoms with Gasteiger partial charge in [-0.05, 0) is 0 Å². The lowest BCUT2D eigenvalue weighted by atomic mass is 10.8. The number of rotatable bonds is 2. The normalized spacial score (nSPS) is 8.40. The van der Waals surface area contributed by atoms with Crippen LogP contribution in [0.3, 0.4) is 0 Å². The number of hydroxylamine groups is 1. The molecule has 0 aromatic heterocycles. The second kappa shape index (κ2) is 3.88. The summed E-state index contributed by atoms with van der Waals surface area (Å²) in [6, 6.07) is 0. The van der Waals surface area contributed by atoms with Gasteiger partial charge in [0.05, 0.1) is 6.61 Å². The lowest BCUT2D eigenvalue weighted by Gasteiger charge is -1.82. The van der Waals surface area contributed by atoms with Crippen LogP contribution < -0.4 is 5.48 Å². The first kappa shape index (κ1) is 4.88. The summed E-state index contributed by atoms with van der Waals surface area (Å²) in [5.41, 5.74) is 1.71. The van der Waals surface area contributed by atoms with Crippen LogP contribution in [0.1, 0.15) is 0 Å². The van der Waals surface area contributed by atoms with Crippen molar-refractivity contribution in [1.29, 1.82) is 0 Å². The van der Waals surface area contributed by atoms with Crippen molar-refractivity contribution in [1.82, 2.24) is 5.48 Å². The van der Waals surface area contributed by atoms with Gasteiger partial charge in [0.15, 0.2) is 0 Å². The Balaban J connectivity index is 2.19. The summed E-state index contributed by atoms with van der Waals surface area (Å²) in [6.07, 6.45) is 0. The van der Waals surface area contributed by atoms with Crippen LogP contribution in [-0.4, -0.2) is 16.9 Å². The molecule has 1 radical (unpaired) electrons. The number of nitrogens with one attached hydrogen (secondary N) is 1. The van der Waals surface area contributed by atoms with E-state index in [1.807, 2.05) is 0 Å². The molecule has 0 rings (SSSR count). The Morgan fingerprint density at radius 1 is 1.80 bits per heavy atom. The molecule has 0 aromatic rings. The van der Waals surface area contributed by atoms with Crippen LogP contribution in [0.15, 0.2) is 0 Å². The molecular weight excluding hydrogens is 70.0 g/mol. The van der Waals surface area contributed by atoms with Crippen LogP contribution in [0.2, 0.25) is 0 Å². The molecule has 0 aliphatic rings. The molecule has 0 unspecified atom stereocenters. The Hall–Kier alpha value is -0.120. The van der Waals surface area contributed by atoms with E-state index < -0.39 is 0 Å². The van der Waals surface area contributed by atoms with Gasteiger partial charge in [-0.3, -0.25) is 0 Å². The first-order valence-corrected chi connectivity index (χ1v) is 1.24. The standard InChI is InChI=1S/C2H6NO2/c4-2-1-3-5/h2-5H,1H2. The summed E-state index contributed by atoms with van der Waals surface area (Å²) in [5, 5.41) is 15.3. The van der Waals surface area contributed by atoms with E-state index in [0.29, 0.717) is 0 Å². The quantitative estimate of drug-likeness (QED) is 0.388. The maximum absolute atomic E-state index is 7.72. The van der Waals surface area contributed by atoms with Crippen molar-refractivity contribution in [2.24, 2.45) is 0 Å². The van der Waals surface area contributed by atoms with Crippen molar-refractivity contribution >= 4 is 0 Å². The Kier molecular flexibility index (Phi) is 3.79. The Bertz CT molecular complexity index is 15.1. The van der Waals surface area contributed by atoms with Crippen molar-refractivity contribution in [3.8, 4) is 0 Å².